The number of hydrogen-bond acceptors (Lipinski definition) is 5. The van der Waals surface area contributed by atoms with Gasteiger partial charge in [0, 0.05) is 52.2 Å². The highest BCUT2D eigenvalue weighted by molar-refractivity contribution is 5.76. The normalized spacial score (nSPS) is 17.8. The first-order chi connectivity index (χ1) is 15.7. The van der Waals surface area contributed by atoms with Gasteiger partial charge in [-0.05, 0) is 48.1 Å². The van der Waals surface area contributed by atoms with E-state index in [1.54, 1.807) is 0 Å². The molecule has 0 spiro atoms. The number of aliphatic hydroxyl groups is 1. The maximum Gasteiger partial charge on any atom is 0.222 e. The summed E-state index contributed by atoms with van der Waals surface area (Å²) in [5.41, 5.74) is 3.91. The molecule has 6 nitrogen and oxygen atoms in total. The van der Waals surface area contributed by atoms with Crippen molar-refractivity contribution in [2.24, 2.45) is 0 Å². The predicted molar refractivity (Wildman–Crippen MR) is 126 cm³/mol. The minimum Gasteiger partial charge on any atom is -0.491 e. The number of piperidine rings is 1. The summed E-state index contributed by atoms with van der Waals surface area (Å²) in [7, 11) is 0. The smallest absolute Gasteiger partial charge is 0.222 e. The van der Waals surface area contributed by atoms with Gasteiger partial charge in [0.25, 0.3) is 0 Å². The number of rotatable bonds is 10. The Kier molecular flexibility index (Phi) is 8.15. The zero-order valence-electron chi connectivity index (χ0n) is 18.8. The number of ether oxygens (including phenoxy) is 1. The van der Waals surface area contributed by atoms with E-state index in [4.69, 9.17) is 4.74 Å². The van der Waals surface area contributed by atoms with E-state index in [0.717, 1.165) is 69.8 Å². The Bertz CT molecular complexity index is 888. The van der Waals surface area contributed by atoms with E-state index in [-0.39, 0.29) is 12.5 Å². The standard InChI is InChI=1S/C26H35N3O3/c30-24(19-28-14-11-22-7-1-2-8-23(22)18-28)20-32-25-9-5-6-21(16-25)17-27-12-15-29-13-4-3-10-26(29)31/h1-2,5-9,16,24,27,30H,3-4,10-15,17-20H2. The monoisotopic (exact) mass is 437 g/mol. The molecule has 2 aromatic carbocycles. The molecule has 172 valence electrons. The summed E-state index contributed by atoms with van der Waals surface area (Å²) in [4.78, 5) is 16.1. The first-order valence-electron chi connectivity index (χ1n) is 11.8. The van der Waals surface area contributed by atoms with Crippen LogP contribution in [0.5, 0.6) is 5.75 Å². The van der Waals surface area contributed by atoms with Gasteiger partial charge in [-0.25, -0.2) is 0 Å². The number of hydrogen-bond donors (Lipinski definition) is 2. The fourth-order valence-electron chi connectivity index (χ4n) is 4.54. The summed E-state index contributed by atoms with van der Waals surface area (Å²) >= 11 is 0. The van der Waals surface area contributed by atoms with E-state index < -0.39 is 6.10 Å². The summed E-state index contributed by atoms with van der Waals surface area (Å²) in [6, 6.07) is 16.5. The van der Waals surface area contributed by atoms with Crippen LogP contribution in [0, 0.1) is 0 Å². The molecule has 2 N–H and O–H groups in total. The maximum atomic E-state index is 11.9. The highest BCUT2D eigenvalue weighted by atomic mass is 16.5. The van der Waals surface area contributed by atoms with Gasteiger partial charge in [0.1, 0.15) is 18.5 Å². The van der Waals surface area contributed by atoms with Crippen LogP contribution in [0.1, 0.15) is 36.0 Å². The molecule has 1 amide bonds. The van der Waals surface area contributed by atoms with E-state index in [1.807, 2.05) is 23.1 Å². The van der Waals surface area contributed by atoms with Gasteiger partial charge in [-0.2, -0.15) is 0 Å². The molecule has 1 atom stereocenters. The molecule has 0 aromatic heterocycles. The van der Waals surface area contributed by atoms with Crippen LogP contribution in [-0.2, 0) is 24.3 Å². The number of likely N-dealkylation sites (tertiary alicyclic amines) is 1. The van der Waals surface area contributed by atoms with Crippen LogP contribution >= 0.6 is 0 Å². The van der Waals surface area contributed by atoms with Crippen LogP contribution in [0.2, 0.25) is 0 Å². The van der Waals surface area contributed by atoms with Gasteiger partial charge in [0.2, 0.25) is 5.91 Å². The number of aliphatic hydroxyl groups excluding tert-OH is 1. The summed E-state index contributed by atoms with van der Waals surface area (Å²) in [5.74, 6) is 1.05. The van der Waals surface area contributed by atoms with Crippen LogP contribution in [0.3, 0.4) is 0 Å². The van der Waals surface area contributed by atoms with Crippen LogP contribution < -0.4 is 10.1 Å². The van der Waals surface area contributed by atoms with E-state index in [0.29, 0.717) is 13.0 Å². The first kappa shape index (κ1) is 22.8. The molecule has 2 aliphatic heterocycles. The van der Waals surface area contributed by atoms with Gasteiger partial charge in [0.05, 0.1) is 0 Å². The van der Waals surface area contributed by atoms with Crippen molar-refractivity contribution < 1.29 is 14.6 Å². The molecule has 32 heavy (non-hydrogen) atoms. The second kappa shape index (κ2) is 11.5. The fraction of sp³-hybridized carbons (Fsp3) is 0.500. The fourth-order valence-corrected chi connectivity index (χ4v) is 4.54. The van der Waals surface area contributed by atoms with Crippen molar-refractivity contribution in [3.05, 3.63) is 65.2 Å². The first-order valence-corrected chi connectivity index (χ1v) is 11.8. The predicted octanol–water partition coefficient (Wildman–Crippen LogP) is 2.59. The molecule has 6 heteroatoms. The molecule has 0 radical (unpaired) electrons. The van der Waals surface area contributed by atoms with Gasteiger partial charge in [-0.15, -0.1) is 0 Å². The van der Waals surface area contributed by atoms with Crippen molar-refractivity contribution >= 4 is 5.91 Å². The third kappa shape index (κ3) is 6.55. The zero-order valence-corrected chi connectivity index (χ0v) is 18.8. The van der Waals surface area contributed by atoms with Gasteiger partial charge in [-0.1, -0.05) is 36.4 Å². The average Bonchev–Trinajstić information content (AvgIpc) is 2.82. The summed E-state index contributed by atoms with van der Waals surface area (Å²) in [5, 5.41) is 13.9. The molecule has 1 fully saturated rings. The number of amides is 1. The molecule has 2 heterocycles. The third-order valence-corrected chi connectivity index (χ3v) is 6.33. The van der Waals surface area contributed by atoms with Crippen LogP contribution in [0.15, 0.2) is 48.5 Å². The highest BCUT2D eigenvalue weighted by Gasteiger charge is 2.19. The van der Waals surface area contributed by atoms with Gasteiger partial charge in [-0.3, -0.25) is 9.69 Å². The number of nitrogens with zero attached hydrogens (tertiary/aromatic N) is 2. The number of β-amino-alcohol motifs (C(OH)–C–C–N with tert-alkyl or cyclic N) is 1. The second-order valence-corrected chi connectivity index (χ2v) is 8.88. The van der Waals surface area contributed by atoms with Gasteiger partial charge in [0.15, 0.2) is 0 Å². The number of carbonyl (C=O) groups excluding carboxylic acids is 1. The molecular formula is C26H35N3O3. The van der Waals surface area contributed by atoms with Crippen molar-refractivity contribution in [1.29, 1.82) is 0 Å². The van der Waals surface area contributed by atoms with Crippen LogP contribution in [-0.4, -0.2) is 66.2 Å². The Labute approximate surface area is 191 Å². The lowest BCUT2D eigenvalue weighted by atomic mass is 10.00. The average molecular weight is 438 g/mol. The van der Waals surface area contributed by atoms with Gasteiger partial charge >= 0.3 is 0 Å². The van der Waals surface area contributed by atoms with Crippen molar-refractivity contribution in [3.63, 3.8) is 0 Å². The molecule has 2 aromatic rings. The Morgan fingerprint density at radius 1 is 1.03 bits per heavy atom. The van der Waals surface area contributed by atoms with Crippen molar-refractivity contribution in [2.75, 3.05) is 39.3 Å². The molecule has 0 bridgehead atoms. The summed E-state index contributed by atoms with van der Waals surface area (Å²) < 4.78 is 5.88. The Morgan fingerprint density at radius 2 is 1.91 bits per heavy atom. The Hall–Kier alpha value is -2.41. The summed E-state index contributed by atoms with van der Waals surface area (Å²) in [6.07, 6.45) is 3.34. The van der Waals surface area contributed by atoms with Crippen molar-refractivity contribution in [2.45, 2.75) is 44.9 Å². The second-order valence-electron chi connectivity index (χ2n) is 8.88. The molecule has 4 rings (SSSR count). The van der Waals surface area contributed by atoms with Crippen LogP contribution in [0.25, 0.3) is 0 Å². The Morgan fingerprint density at radius 3 is 2.78 bits per heavy atom. The summed E-state index contributed by atoms with van der Waals surface area (Å²) in [6.45, 7) is 5.92. The maximum absolute atomic E-state index is 11.9. The number of nitrogens with one attached hydrogen (secondary N) is 1. The Balaban J connectivity index is 1.16. The molecular weight excluding hydrogens is 402 g/mol. The molecule has 0 aliphatic carbocycles. The largest absolute Gasteiger partial charge is 0.491 e. The topological polar surface area (TPSA) is 65.0 Å². The molecule has 0 saturated carbocycles. The molecule has 1 unspecified atom stereocenters. The third-order valence-electron chi connectivity index (χ3n) is 6.33. The highest BCUT2D eigenvalue weighted by Crippen LogP contribution is 2.19. The minimum absolute atomic E-state index is 0.278. The number of benzene rings is 2. The lowest BCUT2D eigenvalue weighted by Gasteiger charge is -2.30. The SMILES string of the molecule is O=C1CCCCN1CCNCc1cccc(OCC(O)CN2CCc3ccccc3C2)c1. The molecule has 2 aliphatic rings. The minimum atomic E-state index is -0.524. The van der Waals surface area contributed by atoms with Crippen molar-refractivity contribution in [1.82, 2.24) is 15.1 Å². The van der Waals surface area contributed by atoms with E-state index in [1.165, 1.54) is 11.1 Å². The quantitative estimate of drug-likeness (QED) is 0.560. The van der Waals surface area contributed by atoms with Gasteiger partial charge < -0.3 is 20.1 Å². The zero-order chi connectivity index (χ0) is 22.2. The van der Waals surface area contributed by atoms with Crippen molar-refractivity contribution in [3.8, 4) is 5.75 Å². The molecule has 1 saturated heterocycles. The lowest BCUT2D eigenvalue weighted by molar-refractivity contribution is -0.133. The number of carbonyl (C=O) groups is 1. The number of fused-ring (bicyclic) bond motifs is 1. The van der Waals surface area contributed by atoms with E-state index in [9.17, 15) is 9.90 Å². The lowest BCUT2D eigenvalue weighted by Crippen LogP contribution is -2.39. The van der Waals surface area contributed by atoms with E-state index in [2.05, 4.69) is 40.5 Å². The van der Waals surface area contributed by atoms with E-state index >= 15 is 0 Å². The van der Waals surface area contributed by atoms with Crippen LogP contribution in [0.4, 0.5) is 0 Å².